The van der Waals surface area contributed by atoms with Crippen LogP contribution in [0.4, 0.5) is 0 Å². The maximum Gasteiger partial charge on any atom is 0.0136 e. The Kier molecular flexibility index (Phi) is 4.61. The summed E-state index contributed by atoms with van der Waals surface area (Å²) < 4.78 is 0. The Bertz CT molecular complexity index is 345. The second-order valence-corrected chi connectivity index (χ2v) is 5.32. The molecular weight excluding hydrogens is 206 g/mol. The van der Waals surface area contributed by atoms with Gasteiger partial charge in [-0.2, -0.15) is 0 Å². The minimum atomic E-state index is 0.685. The molecule has 1 heteroatoms. The standard InChI is InChI=1S/C16H25N/c1-3-17-16-11-6-4-5-10-15(16)14-9-7-8-13(2)12-14/h7-9,12,15-17H,3-6,10-11H2,1-2H3. The number of benzene rings is 1. The lowest BCUT2D eigenvalue weighted by molar-refractivity contribution is 0.419. The number of rotatable bonds is 3. The van der Waals surface area contributed by atoms with Gasteiger partial charge in [-0.3, -0.25) is 0 Å². The van der Waals surface area contributed by atoms with Crippen LogP contribution >= 0.6 is 0 Å². The third kappa shape index (κ3) is 3.32. The smallest absolute Gasteiger partial charge is 0.0136 e. The molecule has 1 aromatic carbocycles. The highest BCUT2D eigenvalue weighted by Gasteiger charge is 2.24. The van der Waals surface area contributed by atoms with Gasteiger partial charge in [-0.15, -0.1) is 0 Å². The molecule has 2 atom stereocenters. The topological polar surface area (TPSA) is 12.0 Å². The summed E-state index contributed by atoms with van der Waals surface area (Å²) in [4.78, 5) is 0. The summed E-state index contributed by atoms with van der Waals surface area (Å²) in [7, 11) is 0. The summed E-state index contributed by atoms with van der Waals surface area (Å²) >= 11 is 0. The summed E-state index contributed by atoms with van der Waals surface area (Å²) in [6, 6.07) is 9.78. The molecule has 0 amide bonds. The zero-order valence-corrected chi connectivity index (χ0v) is 11.2. The van der Waals surface area contributed by atoms with E-state index < -0.39 is 0 Å². The van der Waals surface area contributed by atoms with Crippen LogP contribution in [0.3, 0.4) is 0 Å². The van der Waals surface area contributed by atoms with Gasteiger partial charge >= 0.3 is 0 Å². The molecule has 2 rings (SSSR count). The molecule has 94 valence electrons. The van der Waals surface area contributed by atoms with Crippen molar-refractivity contribution < 1.29 is 0 Å². The average molecular weight is 231 g/mol. The molecule has 2 unspecified atom stereocenters. The van der Waals surface area contributed by atoms with Crippen molar-refractivity contribution in [3.63, 3.8) is 0 Å². The van der Waals surface area contributed by atoms with Gasteiger partial charge in [0.1, 0.15) is 0 Å². The summed E-state index contributed by atoms with van der Waals surface area (Å²) in [5.74, 6) is 0.720. The fourth-order valence-electron chi connectivity index (χ4n) is 3.11. The maximum absolute atomic E-state index is 3.69. The van der Waals surface area contributed by atoms with Gasteiger partial charge in [0.2, 0.25) is 0 Å². The number of likely N-dealkylation sites (N-methyl/N-ethyl adjacent to an activating group) is 1. The molecule has 1 aliphatic rings. The van der Waals surface area contributed by atoms with Crippen molar-refractivity contribution in [3.05, 3.63) is 35.4 Å². The second-order valence-electron chi connectivity index (χ2n) is 5.32. The molecule has 0 heterocycles. The zero-order chi connectivity index (χ0) is 12.1. The molecule has 1 N–H and O–H groups in total. The van der Waals surface area contributed by atoms with Gasteiger partial charge in [-0.25, -0.2) is 0 Å². The van der Waals surface area contributed by atoms with Crippen LogP contribution in [0.1, 0.15) is 56.1 Å². The first kappa shape index (κ1) is 12.6. The highest BCUT2D eigenvalue weighted by Crippen LogP contribution is 2.32. The van der Waals surface area contributed by atoms with Crippen LogP contribution in [0.2, 0.25) is 0 Å². The van der Waals surface area contributed by atoms with E-state index in [1.54, 1.807) is 0 Å². The number of hydrogen-bond donors (Lipinski definition) is 1. The molecule has 0 saturated heterocycles. The number of nitrogens with one attached hydrogen (secondary N) is 1. The van der Waals surface area contributed by atoms with Crippen molar-refractivity contribution in [2.24, 2.45) is 0 Å². The van der Waals surface area contributed by atoms with E-state index >= 15 is 0 Å². The van der Waals surface area contributed by atoms with Crippen LogP contribution in [0, 0.1) is 6.92 Å². The Morgan fingerprint density at radius 1 is 1.18 bits per heavy atom. The summed E-state index contributed by atoms with van der Waals surface area (Å²) in [5, 5.41) is 3.69. The normalized spacial score (nSPS) is 25.5. The molecule has 0 radical (unpaired) electrons. The first-order chi connectivity index (χ1) is 8.31. The monoisotopic (exact) mass is 231 g/mol. The van der Waals surface area contributed by atoms with Gasteiger partial charge in [0.05, 0.1) is 0 Å². The van der Waals surface area contributed by atoms with Gasteiger partial charge in [-0.1, -0.05) is 56.0 Å². The zero-order valence-electron chi connectivity index (χ0n) is 11.2. The largest absolute Gasteiger partial charge is 0.314 e. The minimum absolute atomic E-state index is 0.685. The SMILES string of the molecule is CCNC1CCCCCC1c1cccc(C)c1. The van der Waals surface area contributed by atoms with Crippen LogP contribution in [0.25, 0.3) is 0 Å². The molecular formula is C16H25N. The Morgan fingerprint density at radius 3 is 2.76 bits per heavy atom. The third-order valence-electron chi connectivity index (χ3n) is 3.95. The molecule has 1 fully saturated rings. The second kappa shape index (κ2) is 6.20. The summed E-state index contributed by atoms with van der Waals surface area (Å²) in [6.07, 6.45) is 6.87. The van der Waals surface area contributed by atoms with E-state index in [2.05, 4.69) is 43.4 Å². The predicted octanol–water partition coefficient (Wildman–Crippen LogP) is 4.02. The molecule has 1 aromatic rings. The quantitative estimate of drug-likeness (QED) is 0.775. The minimum Gasteiger partial charge on any atom is -0.314 e. The van der Waals surface area contributed by atoms with E-state index in [9.17, 15) is 0 Å². The van der Waals surface area contributed by atoms with Gasteiger partial charge in [-0.05, 0) is 37.8 Å². The van der Waals surface area contributed by atoms with Crippen molar-refractivity contribution in [3.8, 4) is 0 Å². The lowest BCUT2D eigenvalue weighted by Crippen LogP contribution is -2.34. The number of hydrogen-bond acceptors (Lipinski definition) is 1. The first-order valence-corrected chi connectivity index (χ1v) is 7.11. The molecule has 1 aliphatic carbocycles. The van der Waals surface area contributed by atoms with Crippen LogP contribution in [0.5, 0.6) is 0 Å². The lowest BCUT2D eigenvalue weighted by Gasteiger charge is -2.26. The van der Waals surface area contributed by atoms with Crippen LogP contribution in [-0.2, 0) is 0 Å². The summed E-state index contributed by atoms with van der Waals surface area (Å²) in [5.41, 5.74) is 2.93. The third-order valence-corrected chi connectivity index (χ3v) is 3.95. The Balaban J connectivity index is 2.19. The fraction of sp³-hybridized carbons (Fsp3) is 0.625. The highest BCUT2D eigenvalue weighted by atomic mass is 14.9. The van der Waals surface area contributed by atoms with Crippen molar-refractivity contribution in [2.75, 3.05) is 6.54 Å². The average Bonchev–Trinajstić information content (AvgIpc) is 2.55. The molecule has 0 bridgehead atoms. The first-order valence-electron chi connectivity index (χ1n) is 7.11. The molecule has 1 nitrogen and oxygen atoms in total. The predicted molar refractivity (Wildman–Crippen MR) is 74.5 cm³/mol. The lowest BCUT2D eigenvalue weighted by atomic mass is 9.87. The van der Waals surface area contributed by atoms with Gasteiger partial charge in [0, 0.05) is 6.04 Å². The van der Waals surface area contributed by atoms with Crippen molar-refractivity contribution in [1.82, 2.24) is 5.32 Å². The van der Waals surface area contributed by atoms with Crippen LogP contribution in [-0.4, -0.2) is 12.6 Å². The molecule has 1 saturated carbocycles. The summed E-state index contributed by atoms with van der Waals surface area (Å²) in [6.45, 7) is 5.51. The molecule has 0 spiro atoms. The van der Waals surface area contributed by atoms with Crippen molar-refractivity contribution in [2.45, 2.75) is 57.9 Å². The molecule has 17 heavy (non-hydrogen) atoms. The van der Waals surface area contributed by atoms with Crippen LogP contribution in [0.15, 0.2) is 24.3 Å². The van der Waals surface area contributed by atoms with Gasteiger partial charge in [0.15, 0.2) is 0 Å². The Labute approximate surface area is 106 Å². The van der Waals surface area contributed by atoms with Crippen molar-refractivity contribution in [1.29, 1.82) is 0 Å². The Morgan fingerprint density at radius 2 is 2.00 bits per heavy atom. The van der Waals surface area contributed by atoms with E-state index in [0.29, 0.717) is 6.04 Å². The maximum atomic E-state index is 3.69. The van der Waals surface area contributed by atoms with E-state index in [1.165, 1.54) is 43.2 Å². The molecule has 0 aromatic heterocycles. The van der Waals surface area contributed by atoms with E-state index in [0.717, 1.165) is 12.5 Å². The highest BCUT2D eigenvalue weighted by molar-refractivity contribution is 5.27. The van der Waals surface area contributed by atoms with E-state index in [4.69, 9.17) is 0 Å². The van der Waals surface area contributed by atoms with E-state index in [1.807, 2.05) is 0 Å². The van der Waals surface area contributed by atoms with Crippen molar-refractivity contribution >= 4 is 0 Å². The van der Waals surface area contributed by atoms with Gasteiger partial charge < -0.3 is 5.32 Å². The number of aryl methyl sites for hydroxylation is 1. The van der Waals surface area contributed by atoms with Crippen LogP contribution < -0.4 is 5.32 Å². The van der Waals surface area contributed by atoms with Gasteiger partial charge in [0.25, 0.3) is 0 Å². The Hall–Kier alpha value is -0.820. The fourth-order valence-corrected chi connectivity index (χ4v) is 3.11. The molecule has 0 aliphatic heterocycles. The van der Waals surface area contributed by atoms with E-state index in [-0.39, 0.29) is 0 Å².